The van der Waals surface area contributed by atoms with Crippen LogP contribution >= 0.6 is 0 Å². The van der Waals surface area contributed by atoms with Crippen LogP contribution in [0, 0.1) is 0 Å². The fraction of sp³-hybridized carbons (Fsp3) is 0.404. The third-order valence-corrected chi connectivity index (χ3v) is 12.3. The number of aromatic hydroxyl groups is 1. The fourth-order valence-corrected chi connectivity index (χ4v) is 8.80. The normalized spacial score (nSPS) is 18.3. The van der Waals surface area contributed by atoms with E-state index in [1.807, 2.05) is 36.2 Å². The summed E-state index contributed by atoms with van der Waals surface area (Å²) in [6, 6.07) is 14.5. The van der Waals surface area contributed by atoms with Crippen LogP contribution in [0.2, 0.25) is 0 Å². The molecular formula is C47H51N5O10. The molecule has 62 heavy (non-hydrogen) atoms. The Hall–Kier alpha value is -6.48. The van der Waals surface area contributed by atoms with Crippen LogP contribution in [-0.4, -0.2) is 115 Å². The summed E-state index contributed by atoms with van der Waals surface area (Å²) in [6.07, 6.45) is 7.69. The number of nitrogens with one attached hydrogen (secondary N) is 1. The molecule has 0 saturated carbocycles. The van der Waals surface area contributed by atoms with Gasteiger partial charge in [0, 0.05) is 75.5 Å². The second-order valence-electron chi connectivity index (χ2n) is 16.3. The molecule has 4 aromatic rings. The molecule has 8 rings (SSSR count). The first-order valence-corrected chi connectivity index (χ1v) is 21.4. The number of phenolic OH excluding ortho intramolecular Hbond substituents is 1. The summed E-state index contributed by atoms with van der Waals surface area (Å²) >= 11 is 0. The van der Waals surface area contributed by atoms with Crippen molar-refractivity contribution in [3.8, 4) is 28.6 Å². The number of benzene rings is 3. The summed E-state index contributed by atoms with van der Waals surface area (Å²) in [5.41, 5.74) is 3.75. The highest BCUT2D eigenvalue weighted by Gasteiger charge is 2.46. The van der Waals surface area contributed by atoms with E-state index < -0.39 is 29.7 Å². The van der Waals surface area contributed by atoms with Crippen LogP contribution in [0.4, 0.5) is 5.69 Å². The molecule has 0 bridgehead atoms. The number of anilines is 1. The van der Waals surface area contributed by atoms with Crippen molar-refractivity contribution in [2.24, 2.45) is 0 Å². The van der Waals surface area contributed by atoms with Crippen molar-refractivity contribution in [1.29, 1.82) is 0 Å². The van der Waals surface area contributed by atoms with Crippen LogP contribution in [0.1, 0.15) is 84.1 Å². The number of piperazine rings is 1. The van der Waals surface area contributed by atoms with Gasteiger partial charge in [-0.1, -0.05) is 31.4 Å². The number of hydrogen-bond donors (Lipinski definition) is 2. The minimum atomic E-state index is -1.03. The van der Waals surface area contributed by atoms with E-state index in [-0.39, 0.29) is 46.4 Å². The van der Waals surface area contributed by atoms with Gasteiger partial charge in [-0.25, -0.2) is 0 Å². The number of phenols is 1. The van der Waals surface area contributed by atoms with Gasteiger partial charge in [-0.2, -0.15) is 0 Å². The van der Waals surface area contributed by atoms with Crippen LogP contribution in [0.3, 0.4) is 0 Å². The van der Waals surface area contributed by atoms with Crippen molar-refractivity contribution in [3.05, 3.63) is 87.6 Å². The number of nitrogens with zero attached hydrogens (tertiary/aromatic N) is 4. The summed E-state index contributed by atoms with van der Waals surface area (Å²) in [4.78, 5) is 84.1. The Labute approximate surface area is 358 Å². The Balaban J connectivity index is 0.778. The van der Waals surface area contributed by atoms with Gasteiger partial charge in [0.05, 0.1) is 30.4 Å². The molecule has 4 aliphatic rings. The number of amides is 5. The highest BCUT2D eigenvalue weighted by Crippen LogP contribution is 2.41. The first-order chi connectivity index (χ1) is 30.0. The van der Waals surface area contributed by atoms with E-state index >= 15 is 0 Å². The second kappa shape index (κ2) is 18.2. The zero-order valence-corrected chi connectivity index (χ0v) is 35.1. The van der Waals surface area contributed by atoms with Gasteiger partial charge in [-0.3, -0.25) is 39.0 Å². The average Bonchev–Trinajstić information content (AvgIpc) is 3.53. The number of carbonyl (C=O) groups excluding carboxylic acids is 5. The Morgan fingerprint density at radius 1 is 0.855 bits per heavy atom. The van der Waals surface area contributed by atoms with Gasteiger partial charge in [-0.05, 0) is 74.7 Å². The van der Waals surface area contributed by atoms with Gasteiger partial charge >= 0.3 is 0 Å². The van der Waals surface area contributed by atoms with Gasteiger partial charge in [0.2, 0.25) is 17.7 Å². The van der Waals surface area contributed by atoms with E-state index in [0.29, 0.717) is 67.6 Å². The van der Waals surface area contributed by atoms with Crippen LogP contribution in [-0.2, 0) is 14.4 Å². The van der Waals surface area contributed by atoms with Crippen molar-refractivity contribution in [2.45, 2.75) is 63.8 Å². The van der Waals surface area contributed by atoms with Crippen molar-refractivity contribution < 1.29 is 43.0 Å². The molecule has 0 spiro atoms. The van der Waals surface area contributed by atoms with E-state index in [1.165, 1.54) is 12.1 Å². The first-order valence-electron chi connectivity index (χ1n) is 21.4. The number of likely N-dealkylation sites (N-methyl/N-ethyl adjacent to an activating group) is 1. The van der Waals surface area contributed by atoms with Crippen molar-refractivity contribution >= 4 is 51.8 Å². The number of hydrogen-bond acceptors (Lipinski definition) is 12. The molecule has 5 amide bonds. The van der Waals surface area contributed by atoms with E-state index in [9.17, 15) is 33.9 Å². The molecule has 2 saturated heterocycles. The Morgan fingerprint density at radius 2 is 1.61 bits per heavy atom. The number of rotatable bonds is 14. The lowest BCUT2D eigenvalue weighted by Crippen LogP contribution is -2.54. The predicted octanol–water partition coefficient (Wildman–Crippen LogP) is 5.36. The molecule has 1 aromatic heterocycles. The minimum absolute atomic E-state index is 0.0548. The average molecular weight is 846 g/mol. The number of methoxy groups -OCH3 is 1. The lowest BCUT2D eigenvalue weighted by atomic mass is 9.95. The maximum absolute atomic E-state index is 13.4. The molecule has 1 unspecified atom stereocenters. The van der Waals surface area contributed by atoms with E-state index in [4.69, 9.17) is 13.9 Å². The van der Waals surface area contributed by atoms with Crippen LogP contribution < -0.4 is 25.1 Å². The molecule has 15 heteroatoms. The maximum Gasteiger partial charge on any atom is 0.266 e. The Kier molecular flexibility index (Phi) is 12.4. The largest absolute Gasteiger partial charge is 0.507 e. The Bertz CT molecular complexity index is 2510. The third kappa shape index (κ3) is 8.53. The number of ether oxygens (including phenoxy) is 2. The summed E-state index contributed by atoms with van der Waals surface area (Å²) in [6.45, 7) is 4.59. The van der Waals surface area contributed by atoms with Crippen molar-refractivity contribution in [1.82, 2.24) is 20.0 Å². The number of carbonyl (C=O) groups is 5. The lowest BCUT2D eigenvalue weighted by molar-refractivity contribution is -0.136. The number of piperidine rings is 1. The molecule has 0 radical (unpaired) electrons. The predicted molar refractivity (Wildman–Crippen MR) is 231 cm³/mol. The highest BCUT2D eigenvalue weighted by atomic mass is 16.5. The molecule has 15 nitrogen and oxygen atoms in total. The standard InChI is InChI=1S/C47H51N5O10/c1-49-20-18-30(19-21-49)41-38(60-2)28-35(54)43-34(53)27-37(62-44(41)43)29-12-14-31(15-13-29)50-22-24-51(25-23-50)40(56)11-6-4-3-5-7-26-61-36-10-8-9-32-42(36)47(59)52(46(32)58)33-16-17-39(55)48-45(33)57/h8-10,12-15,18,27-28,33,54H,3-7,11,16-17,19-26H2,1-2H3,(H,48,55,57). The summed E-state index contributed by atoms with van der Waals surface area (Å²) in [7, 11) is 3.59. The quantitative estimate of drug-likeness (QED) is 0.123. The molecule has 5 heterocycles. The number of imide groups is 2. The zero-order valence-electron chi connectivity index (χ0n) is 35.1. The van der Waals surface area contributed by atoms with Crippen LogP contribution in [0.5, 0.6) is 17.2 Å². The van der Waals surface area contributed by atoms with Gasteiger partial charge in [0.15, 0.2) is 11.0 Å². The van der Waals surface area contributed by atoms with Crippen molar-refractivity contribution in [3.63, 3.8) is 0 Å². The molecule has 4 aliphatic heterocycles. The number of unbranched alkanes of at least 4 members (excludes halogenated alkanes) is 4. The molecular weight excluding hydrogens is 795 g/mol. The Morgan fingerprint density at radius 3 is 2.34 bits per heavy atom. The maximum atomic E-state index is 13.4. The van der Waals surface area contributed by atoms with E-state index in [2.05, 4.69) is 21.2 Å². The molecule has 0 aliphatic carbocycles. The molecule has 2 fully saturated rings. The lowest BCUT2D eigenvalue weighted by Gasteiger charge is -2.36. The summed E-state index contributed by atoms with van der Waals surface area (Å²) in [5.74, 6) is -1.11. The number of fused-ring (bicyclic) bond motifs is 2. The van der Waals surface area contributed by atoms with E-state index in [1.54, 1.807) is 25.3 Å². The monoisotopic (exact) mass is 845 g/mol. The van der Waals surface area contributed by atoms with Gasteiger partial charge in [-0.15, -0.1) is 0 Å². The fourth-order valence-electron chi connectivity index (χ4n) is 8.80. The molecule has 324 valence electrons. The zero-order chi connectivity index (χ0) is 43.5. The minimum Gasteiger partial charge on any atom is -0.507 e. The van der Waals surface area contributed by atoms with E-state index in [0.717, 1.165) is 73.3 Å². The van der Waals surface area contributed by atoms with Crippen molar-refractivity contribution in [2.75, 3.05) is 64.9 Å². The smallest absolute Gasteiger partial charge is 0.266 e. The highest BCUT2D eigenvalue weighted by molar-refractivity contribution is 6.24. The summed E-state index contributed by atoms with van der Waals surface area (Å²) in [5, 5.41) is 13.1. The van der Waals surface area contributed by atoms with Gasteiger partial charge in [0.25, 0.3) is 11.8 Å². The third-order valence-electron chi connectivity index (χ3n) is 12.3. The molecule has 2 N–H and O–H groups in total. The summed E-state index contributed by atoms with van der Waals surface area (Å²) < 4.78 is 18.0. The van der Waals surface area contributed by atoms with Gasteiger partial charge in [0.1, 0.15) is 34.4 Å². The second-order valence-corrected chi connectivity index (χ2v) is 16.3. The van der Waals surface area contributed by atoms with Crippen LogP contribution in [0.15, 0.2) is 69.9 Å². The topological polar surface area (TPSA) is 179 Å². The molecule has 1 atom stereocenters. The van der Waals surface area contributed by atoms with Gasteiger partial charge < -0.3 is 33.7 Å². The van der Waals surface area contributed by atoms with Crippen LogP contribution in [0.25, 0.3) is 27.9 Å². The SMILES string of the molecule is COc1cc(O)c2c(=O)cc(-c3ccc(N4CCN(C(=O)CCCCCCCOc5cccc6c5C(=O)N(C5CCC(=O)NC5=O)C6=O)CC4)cc3)oc2c1C1=CCN(C)CC1. The molecule has 3 aromatic carbocycles. The first kappa shape index (κ1) is 42.2.